The molecule has 0 radical (unpaired) electrons. The average molecular weight is 405 g/mol. The highest BCUT2D eigenvalue weighted by atomic mass is 79.9. The van der Waals surface area contributed by atoms with Crippen molar-refractivity contribution >= 4 is 53.8 Å². The van der Waals surface area contributed by atoms with Crippen molar-refractivity contribution in [3.05, 3.63) is 0 Å². The van der Waals surface area contributed by atoms with Gasteiger partial charge in [-0.2, -0.15) is 0 Å². The third-order valence-electron chi connectivity index (χ3n) is 4.87. The van der Waals surface area contributed by atoms with Crippen LogP contribution < -0.4 is 0 Å². The molecule has 0 aromatic heterocycles. The molecule has 0 aromatic carbocycles. The molecule has 0 amide bonds. The Labute approximate surface area is 115 Å². The molecule has 15 heavy (non-hydrogen) atoms. The highest BCUT2D eigenvalue weighted by Gasteiger charge is 2.83. The van der Waals surface area contributed by atoms with Gasteiger partial charge >= 0.3 is 5.97 Å². The van der Waals surface area contributed by atoms with E-state index in [1.807, 2.05) is 0 Å². The van der Waals surface area contributed by atoms with E-state index in [-0.39, 0.29) is 19.4 Å². The van der Waals surface area contributed by atoms with E-state index >= 15 is 0 Å². The molecule has 0 saturated heterocycles. The second-order valence-corrected chi connectivity index (χ2v) is 9.08. The van der Waals surface area contributed by atoms with Crippen molar-refractivity contribution < 1.29 is 9.90 Å². The molecule has 3 fully saturated rings. The minimum absolute atomic E-state index is 0.00535. The van der Waals surface area contributed by atoms with Crippen molar-refractivity contribution in [3.8, 4) is 0 Å². The van der Waals surface area contributed by atoms with Crippen molar-refractivity contribution in [1.82, 2.24) is 0 Å². The highest BCUT2D eigenvalue weighted by Crippen LogP contribution is 2.82. The molecule has 3 atom stereocenters. The van der Waals surface area contributed by atoms with E-state index in [1.165, 1.54) is 0 Å². The second kappa shape index (κ2) is 3.22. The standard InChI is InChI=1S/C10H13Br3O2/c1-8(2)9(6(12)13)3-4-10(8,5(9)11)7(14)15/h5-6H,3-4H2,1-2H3,(H,14,15)/t5-,9-,10+/m0/s1. The lowest BCUT2D eigenvalue weighted by Crippen LogP contribution is -2.70. The molecule has 3 aliphatic carbocycles. The molecule has 3 saturated carbocycles. The van der Waals surface area contributed by atoms with Crippen LogP contribution in [0.5, 0.6) is 0 Å². The second-order valence-electron chi connectivity index (χ2n) is 5.11. The van der Waals surface area contributed by atoms with Gasteiger partial charge in [-0.05, 0) is 18.3 Å². The lowest BCUT2D eigenvalue weighted by Gasteiger charge is -2.65. The van der Waals surface area contributed by atoms with E-state index in [1.54, 1.807) is 0 Å². The number of aliphatic carboxylic acids is 1. The van der Waals surface area contributed by atoms with Gasteiger partial charge in [0.25, 0.3) is 0 Å². The summed E-state index contributed by atoms with van der Waals surface area (Å²) in [5.74, 6) is -0.664. The Bertz CT molecular complexity index is 329. The van der Waals surface area contributed by atoms with Crippen molar-refractivity contribution in [1.29, 1.82) is 0 Å². The first kappa shape index (κ1) is 12.4. The zero-order valence-corrected chi connectivity index (χ0v) is 13.3. The van der Waals surface area contributed by atoms with Gasteiger partial charge in [0.05, 0.1) is 9.15 Å². The number of alkyl halides is 3. The van der Waals surface area contributed by atoms with Gasteiger partial charge in [0.15, 0.2) is 0 Å². The molecule has 2 bridgehead atoms. The molecule has 0 unspecified atom stereocenters. The lowest BCUT2D eigenvalue weighted by atomic mass is 9.43. The van der Waals surface area contributed by atoms with Crippen LogP contribution in [0.25, 0.3) is 0 Å². The SMILES string of the molecule is CC1(C)[C@]2(C(=O)O)CC[C@@]1(C(Br)Br)[C@@H]2Br. The molecular formula is C10H13Br3O2. The van der Waals surface area contributed by atoms with Crippen LogP contribution in [0, 0.1) is 16.2 Å². The molecule has 0 aromatic rings. The smallest absolute Gasteiger partial charge is 0.311 e. The minimum Gasteiger partial charge on any atom is -0.481 e. The first-order chi connectivity index (χ1) is 6.75. The first-order valence-electron chi connectivity index (χ1n) is 4.91. The number of halogens is 3. The number of carboxylic acids is 1. The van der Waals surface area contributed by atoms with Crippen molar-refractivity contribution in [3.63, 3.8) is 0 Å². The van der Waals surface area contributed by atoms with E-state index in [2.05, 4.69) is 61.6 Å². The summed E-state index contributed by atoms with van der Waals surface area (Å²) in [7, 11) is 0. The van der Waals surface area contributed by atoms with Crippen LogP contribution >= 0.6 is 47.8 Å². The van der Waals surface area contributed by atoms with Gasteiger partial charge < -0.3 is 5.11 Å². The van der Waals surface area contributed by atoms with Crippen molar-refractivity contribution in [2.24, 2.45) is 16.2 Å². The summed E-state index contributed by atoms with van der Waals surface area (Å²) in [6.07, 6.45) is 1.71. The maximum Gasteiger partial charge on any atom is 0.311 e. The van der Waals surface area contributed by atoms with E-state index in [4.69, 9.17) is 0 Å². The fraction of sp³-hybridized carbons (Fsp3) is 0.900. The van der Waals surface area contributed by atoms with Crippen molar-refractivity contribution in [2.45, 2.75) is 35.3 Å². The Kier molecular flexibility index (Phi) is 2.66. The average Bonchev–Trinajstić information content (AvgIpc) is 2.53. The number of hydrogen-bond donors (Lipinski definition) is 1. The van der Waals surface area contributed by atoms with Crippen molar-refractivity contribution in [2.75, 3.05) is 0 Å². The molecule has 0 heterocycles. The first-order valence-corrected chi connectivity index (χ1v) is 7.65. The Hall–Kier alpha value is 0.910. The maximum atomic E-state index is 11.5. The van der Waals surface area contributed by atoms with Gasteiger partial charge in [0.1, 0.15) is 0 Å². The molecule has 0 spiro atoms. The Morgan fingerprint density at radius 1 is 1.40 bits per heavy atom. The maximum absolute atomic E-state index is 11.5. The lowest BCUT2D eigenvalue weighted by molar-refractivity contribution is -0.179. The van der Waals surface area contributed by atoms with Crippen LogP contribution in [0.2, 0.25) is 0 Å². The van der Waals surface area contributed by atoms with Crippen LogP contribution in [-0.4, -0.2) is 19.6 Å². The summed E-state index contributed by atoms with van der Waals surface area (Å²) in [5, 5.41) is 9.45. The number of fused-ring (bicyclic) bond motifs is 1. The molecule has 0 aliphatic heterocycles. The van der Waals surface area contributed by atoms with Crippen LogP contribution in [-0.2, 0) is 4.79 Å². The summed E-state index contributed by atoms with van der Waals surface area (Å²) in [6.45, 7) is 4.14. The molecule has 3 aliphatic rings. The number of carboxylic acid groups (broad SMARTS) is 1. The monoisotopic (exact) mass is 402 g/mol. The van der Waals surface area contributed by atoms with E-state index < -0.39 is 11.4 Å². The molecule has 2 nitrogen and oxygen atoms in total. The minimum atomic E-state index is -0.664. The van der Waals surface area contributed by atoms with Gasteiger partial charge in [-0.25, -0.2) is 0 Å². The zero-order chi connectivity index (χ0) is 11.6. The molecule has 3 rings (SSSR count). The predicted octanol–water partition coefficient (Wildman–Crippen LogP) is 3.76. The number of hydrogen-bond acceptors (Lipinski definition) is 1. The quantitative estimate of drug-likeness (QED) is 0.711. The van der Waals surface area contributed by atoms with Crippen LogP contribution in [0.4, 0.5) is 0 Å². The van der Waals surface area contributed by atoms with E-state index in [0.29, 0.717) is 0 Å². The van der Waals surface area contributed by atoms with Gasteiger partial charge in [-0.3, -0.25) is 4.79 Å². The van der Waals surface area contributed by atoms with Crippen LogP contribution in [0.3, 0.4) is 0 Å². The fourth-order valence-electron chi connectivity index (χ4n) is 3.67. The highest BCUT2D eigenvalue weighted by molar-refractivity contribution is 9.24. The summed E-state index contributed by atoms with van der Waals surface area (Å²) in [6, 6.07) is 0. The van der Waals surface area contributed by atoms with Crippen LogP contribution in [0.1, 0.15) is 26.7 Å². The van der Waals surface area contributed by atoms with Gasteiger partial charge in [-0.1, -0.05) is 61.6 Å². The zero-order valence-electron chi connectivity index (χ0n) is 8.56. The summed E-state index contributed by atoms with van der Waals surface area (Å²) in [5.41, 5.74) is -0.768. The number of rotatable bonds is 2. The van der Waals surface area contributed by atoms with Gasteiger partial charge in [-0.15, -0.1) is 0 Å². The largest absolute Gasteiger partial charge is 0.481 e. The van der Waals surface area contributed by atoms with Gasteiger partial charge in [0.2, 0.25) is 0 Å². The van der Waals surface area contributed by atoms with Gasteiger partial charge in [0, 0.05) is 10.2 Å². The van der Waals surface area contributed by atoms with Crippen LogP contribution in [0.15, 0.2) is 0 Å². The Balaban J connectivity index is 2.50. The molecule has 86 valence electrons. The summed E-state index contributed by atoms with van der Waals surface area (Å²) < 4.78 is 0.159. The Morgan fingerprint density at radius 2 is 1.93 bits per heavy atom. The molecular weight excluding hydrogens is 392 g/mol. The fourth-order valence-corrected chi connectivity index (χ4v) is 8.57. The van der Waals surface area contributed by atoms with E-state index in [0.717, 1.165) is 12.8 Å². The Morgan fingerprint density at radius 3 is 2.13 bits per heavy atom. The summed E-state index contributed by atoms with van der Waals surface area (Å²) >= 11 is 10.8. The topological polar surface area (TPSA) is 37.3 Å². The summed E-state index contributed by atoms with van der Waals surface area (Å²) in [4.78, 5) is 11.5. The molecule has 1 N–H and O–H groups in total. The third-order valence-corrected chi connectivity index (χ3v) is 8.10. The van der Waals surface area contributed by atoms with E-state index in [9.17, 15) is 9.90 Å². The number of carbonyl (C=O) groups is 1. The third kappa shape index (κ3) is 0.998. The molecule has 5 heteroatoms. The normalized spacial score (nSPS) is 46.7. The predicted molar refractivity (Wildman–Crippen MR) is 69.9 cm³/mol.